The van der Waals surface area contributed by atoms with Gasteiger partial charge in [-0.25, -0.2) is 0 Å². The molecule has 0 fully saturated rings. The van der Waals surface area contributed by atoms with Crippen LogP contribution in [0.1, 0.15) is 16.7 Å². The Hall–Kier alpha value is -3.28. The highest BCUT2D eigenvalue weighted by Gasteiger charge is 2.30. The summed E-state index contributed by atoms with van der Waals surface area (Å²) in [7, 11) is 1.63. The maximum absolute atomic E-state index is 12.8. The van der Waals surface area contributed by atoms with E-state index in [4.69, 9.17) is 4.42 Å². The topological polar surface area (TPSA) is 56.7 Å². The Kier molecular flexibility index (Phi) is 5.95. The number of aryl methyl sites for hydroxylation is 1. The van der Waals surface area contributed by atoms with Gasteiger partial charge in [-0.2, -0.15) is 31.4 Å². The number of aromatic nitrogens is 4. The third-order valence-electron chi connectivity index (χ3n) is 4.66. The van der Waals surface area contributed by atoms with Crippen LogP contribution in [0.25, 0.3) is 22.8 Å². The average molecular weight is 484 g/mol. The molecule has 0 atom stereocenters. The number of thioether (sulfide) groups is 1. The minimum atomic E-state index is -4.42. The lowest BCUT2D eigenvalue weighted by molar-refractivity contribution is -0.138. The molecule has 4 rings (SSSR count). The summed E-state index contributed by atoms with van der Waals surface area (Å²) in [6.07, 6.45) is -8.82. The van der Waals surface area contributed by atoms with Crippen molar-refractivity contribution in [3.8, 4) is 22.8 Å². The van der Waals surface area contributed by atoms with Crippen molar-refractivity contribution in [2.24, 2.45) is 7.05 Å². The number of nitrogens with zero attached hydrogens (tertiary/aromatic N) is 4. The maximum atomic E-state index is 12.8. The highest BCUT2D eigenvalue weighted by molar-refractivity contribution is 7.98. The summed E-state index contributed by atoms with van der Waals surface area (Å²) in [5.41, 5.74) is 0.543. The monoisotopic (exact) mass is 484 g/mol. The van der Waals surface area contributed by atoms with Crippen LogP contribution < -0.4 is 0 Å². The Morgan fingerprint density at radius 2 is 1.42 bits per heavy atom. The van der Waals surface area contributed by atoms with Crippen LogP contribution in [0.4, 0.5) is 26.3 Å². The van der Waals surface area contributed by atoms with Crippen LogP contribution in [0.5, 0.6) is 0 Å². The van der Waals surface area contributed by atoms with Gasteiger partial charge in [0.1, 0.15) is 5.69 Å². The number of rotatable bonds is 5. The summed E-state index contributed by atoms with van der Waals surface area (Å²) in [4.78, 5) is 0. The fraction of sp³-hybridized carbons (Fsp3) is 0.190. The normalized spacial score (nSPS) is 12.3. The molecule has 0 spiro atoms. The average Bonchev–Trinajstić information content (AvgIpc) is 3.38. The summed E-state index contributed by atoms with van der Waals surface area (Å²) in [6.45, 7) is 0. The van der Waals surface area contributed by atoms with Crippen molar-refractivity contribution in [1.29, 1.82) is 0 Å². The van der Waals surface area contributed by atoms with Crippen molar-refractivity contribution in [3.05, 3.63) is 71.3 Å². The van der Waals surface area contributed by atoms with Crippen molar-refractivity contribution in [1.82, 2.24) is 20.0 Å². The van der Waals surface area contributed by atoms with Gasteiger partial charge >= 0.3 is 12.4 Å². The van der Waals surface area contributed by atoms with E-state index in [1.165, 1.54) is 28.9 Å². The zero-order chi connectivity index (χ0) is 23.8. The van der Waals surface area contributed by atoms with Gasteiger partial charge in [0.2, 0.25) is 0 Å². The van der Waals surface area contributed by atoms with Gasteiger partial charge in [-0.05, 0) is 35.9 Å². The molecule has 4 aromatic rings. The molecular formula is C21H14F6N4OS. The fourth-order valence-electron chi connectivity index (χ4n) is 2.95. The van der Waals surface area contributed by atoms with Crippen molar-refractivity contribution >= 4 is 11.8 Å². The Morgan fingerprint density at radius 1 is 0.848 bits per heavy atom. The number of hydrogen-bond donors (Lipinski definition) is 0. The minimum Gasteiger partial charge on any atom is -0.410 e. The second-order valence-electron chi connectivity index (χ2n) is 6.97. The van der Waals surface area contributed by atoms with Gasteiger partial charge in [-0.1, -0.05) is 36.0 Å². The summed E-state index contributed by atoms with van der Waals surface area (Å²) in [5.74, 6) is 0.472. The number of benzene rings is 2. The molecule has 0 saturated heterocycles. The van der Waals surface area contributed by atoms with E-state index in [0.29, 0.717) is 28.3 Å². The molecule has 5 nitrogen and oxygen atoms in total. The molecule has 172 valence electrons. The Bertz CT molecular complexity index is 1240. The largest absolute Gasteiger partial charge is 0.416 e. The molecule has 0 aliphatic heterocycles. The van der Waals surface area contributed by atoms with Crippen LogP contribution in [-0.2, 0) is 25.2 Å². The lowest BCUT2D eigenvalue weighted by Gasteiger charge is -2.06. The molecule has 33 heavy (non-hydrogen) atoms. The van der Waals surface area contributed by atoms with Gasteiger partial charge in [0, 0.05) is 18.4 Å². The molecule has 0 amide bonds. The van der Waals surface area contributed by atoms with E-state index in [-0.39, 0.29) is 11.1 Å². The molecule has 0 radical (unpaired) electrons. The molecule has 12 heteroatoms. The highest BCUT2D eigenvalue weighted by atomic mass is 32.2. The fourth-order valence-corrected chi connectivity index (χ4v) is 3.66. The van der Waals surface area contributed by atoms with Gasteiger partial charge < -0.3 is 4.42 Å². The first-order valence-electron chi connectivity index (χ1n) is 9.35. The summed E-state index contributed by atoms with van der Waals surface area (Å²) in [6, 6.07) is 11.0. The predicted octanol–water partition coefficient (Wildman–Crippen LogP) is 6.47. The number of hydrogen-bond acceptors (Lipinski definition) is 5. The molecule has 0 aliphatic rings. The SMILES string of the molecule is Cn1nc(-c2ccc(C(F)(F)F)cc2)cc1-c1nnc(SCc2ccc(C(F)(F)F)cc2)o1. The third-order valence-corrected chi connectivity index (χ3v) is 5.55. The first-order valence-corrected chi connectivity index (χ1v) is 10.3. The molecular weight excluding hydrogens is 470 g/mol. The van der Waals surface area contributed by atoms with Crippen molar-refractivity contribution in [2.45, 2.75) is 23.3 Å². The number of alkyl halides is 6. The first kappa shape index (κ1) is 22.9. The summed E-state index contributed by atoms with van der Waals surface area (Å²) >= 11 is 1.16. The molecule has 0 saturated carbocycles. The molecule has 0 bridgehead atoms. The zero-order valence-corrected chi connectivity index (χ0v) is 17.6. The second kappa shape index (κ2) is 8.58. The lowest BCUT2D eigenvalue weighted by Crippen LogP contribution is -2.04. The van der Waals surface area contributed by atoms with E-state index in [0.717, 1.165) is 36.0 Å². The van der Waals surface area contributed by atoms with Gasteiger partial charge in [-0.15, -0.1) is 10.2 Å². The zero-order valence-electron chi connectivity index (χ0n) is 16.8. The third kappa shape index (κ3) is 5.21. The second-order valence-corrected chi connectivity index (χ2v) is 7.90. The molecule has 2 aromatic carbocycles. The van der Waals surface area contributed by atoms with Gasteiger partial charge in [0.25, 0.3) is 11.1 Å². The van der Waals surface area contributed by atoms with E-state index in [2.05, 4.69) is 15.3 Å². The molecule has 2 heterocycles. The molecule has 0 aliphatic carbocycles. The van der Waals surface area contributed by atoms with Crippen molar-refractivity contribution in [2.75, 3.05) is 0 Å². The van der Waals surface area contributed by atoms with Gasteiger partial charge in [0.15, 0.2) is 0 Å². The van der Waals surface area contributed by atoms with Crippen LogP contribution in [0.15, 0.2) is 64.2 Å². The van der Waals surface area contributed by atoms with Crippen LogP contribution in [0.3, 0.4) is 0 Å². The Balaban J connectivity index is 1.46. The van der Waals surface area contributed by atoms with Crippen molar-refractivity contribution < 1.29 is 30.8 Å². The smallest absolute Gasteiger partial charge is 0.410 e. The standard InChI is InChI=1S/C21H14F6N4OS/c1-31-17(10-16(30-31)13-4-8-15(9-5-13)21(25,26)27)18-28-29-19(32-18)33-11-12-2-6-14(7-3-12)20(22,23)24/h2-10H,11H2,1H3. The summed E-state index contributed by atoms with van der Waals surface area (Å²) in [5, 5.41) is 12.4. The van der Waals surface area contributed by atoms with Crippen LogP contribution in [0.2, 0.25) is 0 Å². The Labute approximate surface area is 187 Å². The van der Waals surface area contributed by atoms with Crippen LogP contribution in [0, 0.1) is 0 Å². The van der Waals surface area contributed by atoms with E-state index in [1.54, 1.807) is 13.1 Å². The predicted molar refractivity (Wildman–Crippen MR) is 108 cm³/mol. The summed E-state index contributed by atoms with van der Waals surface area (Å²) < 4.78 is 83.3. The van der Waals surface area contributed by atoms with Crippen LogP contribution >= 0.6 is 11.8 Å². The van der Waals surface area contributed by atoms with E-state index in [9.17, 15) is 26.3 Å². The Morgan fingerprint density at radius 3 is 2.00 bits per heavy atom. The van der Waals surface area contributed by atoms with Crippen molar-refractivity contribution in [3.63, 3.8) is 0 Å². The molecule has 2 aromatic heterocycles. The quantitative estimate of drug-likeness (QED) is 0.240. The first-order chi connectivity index (χ1) is 15.5. The van der Waals surface area contributed by atoms with E-state index >= 15 is 0 Å². The lowest BCUT2D eigenvalue weighted by atomic mass is 10.1. The molecule has 0 N–H and O–H groups in total. The number of halogens is 6. The highest BCUT2D eigenvalue weighted by Crippen LogP contribution is 2.33. The van der Waals surface area contributed by atoms with E-state index in [1.807, 2.05) is 0 Å². The minimum absolute atomic E-state index is 0.151. The molecule has 0 unspecified atom stereocenters. The van der Waals surface area contributed by atoms with Gasteiger partial charge in [-0.3, -0.25) is 4.68 Å². The maximum Gasteiger partial charge on any atom is 0.416 e. The van der Waals surface area contributed by atoms with Gasteiger partial charge in [0.05, 0.1) is 16.8 Å². The van der Waals surface area contributed by atoms with Crippen LogP contribution in [-0.4, -0.2) is 20.0 Å². The van der Waals surface area contributed by atoms with E-state index < -0.39 is 23.5 Å².